The van der Waals surface area contributed by atoms with Crippen LogP contribution in [0.1, 0.15) is 32.4 Å². The summed E-state index contributed by atoms with van der Waals surface area (Å²) in [5.74, 6) is 0.751. The van der Waals surface area contributed by atoms with Crippen molar-refractivity contribution >= 4 is 38.9 Å². The molecule has 1 aliphatic heterocycles. The van der Waals surface area contributed by atoms with Crippen molar-refractivity contribution in [2.45, 2.75) is 38.5 Å². The van der Waals surface area contributed by atoms with Crippen molar-refractivity contribution < 1.29 is 14.2 Å². The van der Waals surface area contributed by atoms with Gasteiger partial charge in [-0.15, -0.1) is 0 Å². The van der Waals surface area contributed by atoms with Crippen molar-refractivity contribution in [3.63, 3.8) is 0 Å². The highest BCUT2D eigenvalue weighted by atomic mass is 79.9. The monoisotopic (exact) mass is 492 g/mol. The molecule has 10 heteroatoms. The van der Waals surface area contributed by atoms with E-state index in [9.17, 15) is 9.50 Å². The van der Waals surface area contributed by atoms with Crippen molar-refractivity contribution in [3.8, 4) is 0 Å². The summed E-state index contributed by atoms with van der Waals surface area (Å²) in [5, 5.41) is 12.9. The van der Waals surface area contributed by atoms with Crippen LogP contribution in [0.25, 0.3) is 11.2 Å². The molecule has 4 rings (SSSR count). The number of hydrogen-bond acceptors (Lipinski definition) is 7. The molecule has 1 fully saturated rings. The molecule has 1 unspecified atom stereocenters. The maximum Gasteiger partial charge on any atom is 0.227 e. The number of imidazole rings is 1. The van der Waals surface area contributed by atoms with Gasteiger partial charge in [-0.05, 0) is 32.9 Å². The quantitative estimate of drug-likeness (QED) is 0.563. The van der Waals surface area contributed by atoms with Crippen LogP contribution in [0.3, 0.4) is 0 Å². The average Bonchev–Trinajstić information content (AvgIpc) is 3.06. The molecule has 0 aliphatic carbocycles. The Hall–Kier alpha value is -2.30. The van der Waals surface area contributed by atoms with E-state index in [2.05, 4.69) is 36.1 Å². The number of aryl methyl sites for hydroxylation is 1. The molecule has 0 radical (unpaired) electrons. The molecule has 8 nitrogen and oxygen atoms in total. The van der Waals surface area contributed by atoms with E-state index >= 15 is 0 Å². The fraction of sp³-hybridized carbons (Fsp3) is 0.476. The molecule has 3 aromatic rings. The maximum absolute atomic E-state index is 14.4. The Morgan fingerprint density at radius 3 is 2.87 bits per heavy atom. The molecule has 2 atom stereocenters. The molecule has 166 valence electrons. The van der Waals surface area contributed by atoms with Gasteiger partial charge < -0.3 is 24.6 Å². The summed E-state index contributed by atoms with van der Waals surface area (Å²) < 4.78 is 22.9. The molecular formula is C21H26BrFN6O2. The zero-order valence-corrected chi connectivity index (χ0v) is 19.5. The molecule has 3 heterocycles. The molecule has 0 spiro atoms. The van der Waals surface area contributed by atoms with Crippen molar-refractivity contribution in [2.75, 3.05) is 29.9 Å². The third-order valence-electron chi connectivity index (χ3n) is 5.31. The summed E-state index contributed by atoms with van der Waals surface area (Å²) in [4.78, 5) is 15.8. The fourth-order valence-electron chi connectivity index (χ4n) is 4.00. The van der Waals surface area contributed by atoms with Crippen LogP contribution in [-0.2, 0) is 11.8 Å². The number of aliphatic hydroxyl groups excluding tert-OH is 1. The van der Waals surface area contributed by atoms with E-state index in [-0.39, 0.29) is 24.6 Å². The Labute approximate surface area is 188 Å². The molecule has 0 saturated carbocycles. The fourth-order valence-corrected chi connectivity index (χ4v) is 4.33. The summed E-state index contributed by atoms with van der Waals surface area (Å²) in [6.07, 6.45) is 1.37. The Morgan fingerprint density at radius 1 is 1.39 bits per heavy atom. The molecule has 2 N–H and O–H groups in total. The van der Waals surface area contributed by atoms with Crippen molar-refractivity contribution in [1.82, 2.24) is 19.5 Å². The molecule has 0 bridgehead atoms. The van der Waals surface area contributed by atoms with Crippen LogP contribution in [0.2, 0.25) is 0 Å². The molecule has 1 aliphatic rings. The Balaban J connectivity index is 1.72. The van der Waals surface area contributed by atoms with Crippen LogP contribution in [-0.4, -0.2) is 56.0 Å². The second-order valence-corrected chi connectivity index (χ2v) is 9.41. The largest absolute Gasteiger partial charge is 0.394 e. The Kier molecular flexibility index (Phi) is 5.89. The highest BCUT2D eigenvalue weighted by Gasteiger charge is 2.35. The van der Waals surface area contributed by atoms with Gasteiger partial charge >= 0.3 is 0 Å². The van der Waals surface area contributed by atoms with E-state index in [0.29, 0.717) is 40.5 Å². The first kappa shape index (κ1) is 21.9. The van der Waals surface area contributed by atoms with Gasteiger partial charge in [0, 0.05) is 30.2 Å². The number of ether oxygens (including phenoxy) is 1. The third kappa shape index (κ3) is 4.51. The van der Waals surface area contributed by atoms with Crippen LogP contribution in [0.5, 0.6) is 0 Å². The highest BCUT2D eigenvalue weighted by Crippen LogP contribution is 2.31. The van der Waals surface area contributed by atoms with E-state index in [1.54, 1.807) is 18.5 Å². The number of nitrogens with one attached hydrogen (secondary N) is 1. The first-order valence-corrected chi connectivity index (χ1v) is 10.9. The standard InChI is InChI=1S/C21H26BrFN6O2/c1-12(15-6-5-13(22)7-16(15)23)25-20-26-18-17(28(4)11-24-18)19(27-20)29-8-14(9-30)31-21(2,3)10-29/h5-7,11-12,14,30H,8-10H2,1-4H3,(H,25,26,27)/t12-,14?/m0/s1. The normalized spacial score (nSPS) is 19.6. The van der Waals surface area contributed by atoms with Crippen LogP contribution in [0.4, 0.5) is 16.2 Å². The number of fused-ring (bicyclic) bond motifs is 1. The number of aliphatic hydroxyl groups is 1. The van der Waals surface area contributed by atoms with Crippen molar-refractivity contribution in [3.05, 3.63) is 40.4 Å². The second-order valence-electron chi connectivity index (χ2n) is 8.49. The van der Waals surface area contributed by atoms with E-state index < -0.39 is 5.60 Å². The topological polar surface area (TPSA) is 88.3 Å². The summed E-state index contributed by atoms with van der Waals surface area (Å²) in [6, 6.07) is 4.61. The molecule has 0 amide bonds. The summed E-state index contributed by atoms with van der Waals surface area (Å²) >= 11 is 3.29. The molecular weight excluding hydrogens is 467 g/mol. The number of rotatable bonds is 5. The van der Waals surface area contributed by atoms with E-state index in [0.717, 1.165) is 5.52 Å². The van der Waals surface area contributed by atoms with Gasteiger partial charge in [-0.25, -0.2) is 9.37 Å². The van der Waals surface area contributed by atoms with Gasteiger partial charge in [-0.1, -0.05) is 22.0 Å². The lowest BCUT2D eigenvalue weighted by Crippen LogP contribution is -2.54. The van der Waals surface area contributed by atoms with E-state index in [4.69, 9.17) is 9.72 Å². The van der Waals surface area contributed by atoms with Gasteiger partial charge in [0.25, 0.3) is 0 Å². The van der Waals surface area contributed by atoms with E-state index in [1.807, 2.05) is 32.4 Å². The zero-order valence-electron chi connectivity index (χ0n) is 17.9. The highest BCUT2D eigenvalue weighted by molar-refractivity contribution is 9.10. The van der Waals surface area contributed by atoms with Gasteiger partial charge in [0.1, 0.15) is 11.3 Å². The number of hydrogen-bond donors (Lipinski definition) is 2. The number of halogens is 2. The number of aromatic nitrogens is 4. The summed E-state index contributed by atoms with van der Waals surface area (Å²) in [7, 11) is 1.89. The number of benzene rings is 1. The van der Waals surface area contributed by atoms with Crippen molar-refractivity contribution in [1.29, 1.82) is 0 Å². The lowest BCUT2D eigenvalue weighted by atomic mass is 10.1. The predicted octanol–water partition coefficient (Wildman–Crippen LogP) is 3.41. The number of morpholine rings is 1. The minimum atomic E-state index is -0.455. The molecule has 1 saturated heterocycles. The minimum Gasteiger partial charge on any atom is -0.394 e. The Bertz CT molecular complexity index is 1100. The number of anilines is 2. The van der Waals surface area contributed by atoms with Gasteiger partial charge in [-0.3, -0.25) is 0 Å². The summed E-state index contributed by atoms with van der Waals surface area (Å²) in [6.45, 7) is 6.84. The molecule has 31 heavy (non-hydrogen) atoms. The van der Waals surface area contributed by atoms with E-state index in [1.165, 1.54) is 6.07 Å². The van der Waals surface area contributed by atoms with Crippen LogP contribution >= 0.6 is 15.9 Å². The Morgan fingerprint density at radius 2 is 2.16 bits per heavy atom. The van der Waals surface area contributed by atoms with Gasteiger partial charge in [0.15, 0.2) is 11.5 Å². The van der Waals surface area contributed by atoms with Gasteiger partial charge in [0.2, 0.25) is 5.95 Å². The van der Waals surface area contributed by atoms with Gasteiger partial charge in [-0.2, -0.15) is 9.97 Å². The first-order chi connectivity index (χ1) is 14.7. The van der Waals surface area contributed by atoms with Gasteiger partial charge in [0.05, 0.1) is 30.7 Å². The van der Waals surface area contributed by atoms with Crippen LogP contribution in [0, 0.1) is 5.82 Å². The van der Waals surface area contributed by atoms with Crippen molar-refractivity contribution in [2.24, 2.45) is 7.05 Å². The molecule has 1 aromatic carbocycles. The average molecular weight is 493 g/mol. The SMILES string of the molecule is C[C@H](Nc1nc(N2CC(CO)OC(C)(C)C2)c2c(ncn2C)n1)c1ccc(Br)cc1F. The lowest BCUT2D eigenvalue weighted by Gasteiger charge is -2.43. The smallest absolute Gasteiger partial charge is 0.227 e. The first-order valence-electron chi connectivity index (χ1n) is 10.1. The lowest BCUT2D eigenvalue weighted by molar-refractivity contribution is -0.101. The summed E-state index contributed by atoms with van der Waals surface area (Å²) in [5.41, 5.74) is 1.40. The number of nitrogens with zero attached hydrogens (tertiary/aromatic N) is 5. The third-order valence-corrected chi connectivity index (χ3v) is 5.81. The minimum absolute atomic E-state index is 0.0788. The predicted molar refractivity (Wildman–Crippen MR) is 121 cm³/mol. The van der Waals surface area contributed by atoms with Crippen LogP contribution < -0.4 is 10.2 Å². The van der Waals surface area contributed by atoms with Crippen LogP contribution in [0.15, 0.2) is 29.0 Å². The molecule has 2 aromatic heterocycles. The zero-order chi connectivity index (χ0) is 22.3. The maximum atomic E-state index is 14.4. The second kappa shape index (κ2) is 8.33.